The van der Waals surface area contributed by atoms with Gasteiger partial charge in [0.2, 0.25) is 5.91 Å². The molecule has 2 unspecified atom stereocenters. The molecule has 6 nitrogen and oxygen atoms in total. The highest BCUT2D eigenvalue weighted by molar-refractivity contribution is 6.17. The van der Waals surface area contributed by atoms with Crippen molar-refractivity contribution < 1.29 is 44.7 Å². The molecule has 2 aromatic rings. The van der Waals surface area contributed by atoms with E-state index in [-0.39, 0.29) is 24.2 Å². The summed E-state index contributed by atoms with van der Waals surface area (Å²) in [4.78, 5) is 29.9. The number of amides is 3. The van der Waals surface area contributed by atoms with Crippen molar-refractivity contribution in [2.75, 3.05) is 4.90 Å². The molecule has 1 aromatic carbocycles. The highest BCUT2D eigenvalue weighted by Gasteiger charge is 2.73. The van der Waals surface area contributed by atoms with Crippen molar-refractivity contribution in [1.82, 2.24) is 9.99 Å². The van der Waals surface area contributed by atoms with E-state index in [4.69, 9.17) is 0 Å². The number of pyridine rings is 1. The first-order chi connectivity index (χ1) is 16.3. The Hall–Kier alpha value is -3.58. The highest BCUT2D eigenvalue weighted by Crippen LogP contribution is 2.54. The summed E-state index contributed by atoms with van der Waals surface area (Å²) in [5.74, 6) is -2.25. The van der Waals surface area contributed by atoms with Gasteiger partial charge >= 0.3 is 24.1 Å². The zero-order chi connectivity index (χ0) is 25.8. The van der Waals surface area contributed by atoms with E-state index >= 15 is 0 Å². The maximum absolute atomic E-state index is 14.6. The SMILES string of the molecule is O=C(C1CC1F)N1C(=O)N(N=Cc2cccnc2)Cc2cc(C(F)(C(F)(F)F)C(F)(F)F)ccc21. The second kappa shape index (κ2) is 8.27. The summed E-state index contributed by atoms with van der Waals surface area (Å²) in [5.41, 5.74) is -7.94. The molecule has 3 amide bonds. The minimum atomic E-state index is -6.35. The molecule has 2 aliphatic rings. The number of halogens is 8. The van der Waals surface area contributed by atoms with Crippen molar-refractivity contribution >= 4 is 23.8 Å². The zero-order valence-electron chi connectivity index (χ0n) is 17.3. The highest BCUT2D eigenvalue weighted by atomic mass is 19.4. The second-order valence-corrected chi connectivity index (χ2v) is 7.90. The molecule has 4 rings (SSSR count). The number of carbonyl (C=O) groups is 2. The summed E-state index contributed by atoms with van der Waals surface area (Å²) in [5, 5.41) is 4.44. The topological polar surface area (TPSA) is 65.9 Å². The average Bonchev–Trinajstić information content (AvgIpc) is 3.52. The Morgan fingerprint density at radius 2 is 1.74 bits per heavy atom. The van der Waals surface area contributed by atoms with Gasteiger partial charge < -0.3 is 0 Å². The normalized spacial score (nSPS) is 20.9. The predicted octanol–water partition coefficient (Wildman–Crippen LogP) is 5.03. The third-order valence-corrected chi connectivity index (χ3v) is 5.51. The number of hydrogen-bond donors (Lipinski definition) is 0. The molecule has 186 valence electrons. The fourth-order valence-electron chi connectivity index (χ4n) is 3.56. The molecule has 0 spiro atoms. The number of carbonyl (C=O) groups excluding carboxylic acids is 2. The quantitative estimate of drug-likeness (QED) is 0.432. The molecular formula is C21H14F8N4O2. The number of urea groups is 1. The summed E-state index contributed by atoms with van der Waals surface area (Å²) in [6, 6.07) is 3.02. The van der Waals surface area contributed by atoms with Gasteiger partial charge in [-0.15, -0.1) is 0 Å². The zero-order valence-corrected chi connectivity index (χ0v) is 17.3. The van der Waals surface area contributed by atoms with Crippen LogP contribution in [0.25, 0.3) is 0 Å². The van der Waals surface area contributed by atoms with Crippen molar-refractivity contribution in [3.05, 3.63) is 59.4 Å². The number of alkyl halides is 8. The van der Waals surface area contributed by atoms with Crippen molar-refractivity contribution in [3.63, 3.8) is 0 Å². The molecule has 1 fully saturated rings. The number of imide groups is 1. The number of aromatic nitrogens is 1. The molecular weight excluding hydrogens is 492 g/mol. The Morgan fingerprint density at radius 3 is 2.29 bits per heavy atom. The van der Waals surface area contributed by atoms with Crippen LogP contribution in [-0.2, 0) is 17.0 Å². The number of nitrogens with zero attached hydrogens (tertiary/aromatic N) is 4. The van der Waals surface area contributed by atoms with Crippen molar-refractivity contribution in [2.45, 2.75) is 37.2 Å². The van der Waals surface area contributed by atoms with E-state index in [1.54, 1.807) is 0 Å². The molecule has 2 atom stereocenters. The van der Waals surface area contributed by atoms with Gasteiger partial charge in [0.15, 0.2) is 0 Å². The van der Waals surface area contributed by atoms with Crippen LogP contribution in [0.1, 0.15) is 23.1 Å². The van der Waals surface area contributed by atoms with Gasteiger partial charge in [-0.1, -0.05) is 12.1 Å². The van der Waals surface area contributed by atoms with Crippen molar-refractivity contribution in [2.24, 2.45) is 11.0 Å². The van der Waals surface area contributed by atoms with E-state index in [0.29, 0.717) is 21.5 Å². The van der Waals surface area contributed by atoms with Crippen LogP contribution < -0.4 is 4.90 Å². The monoisotopic (exact) mass is 506 g/mol. The van der Waals surface area contributed by atoms with E-state index in [1.165, 1.54) is 24.5 Å². The van der Waals surface area contributed by atoms with Gasteiger partial charge in [0.25, 0.3) is 0 Å². The summed E-state index contributed by atoms with van der Waals surface area (Å²) in [7, 11) is 0. The molecule has 0 bridgehead atoms. The fourth-order valence-corrected chi connectivity index (χ4v) is 3.56. The van der Waals surface area contributed by atoms with Gasteiger partial charge in [-0.05, 0) is 30.2 Å². The Morgan fingerprint density at radius 1 is 1.09 bits per heavy atom. The van der Waals surface area contributed by atoms with E-state index in [0.717, 1.165) is 6.21 Å². The van der Waals surface area contributed by atoms with Gasteiger partial charge in [0.05, 0.1) is 24.4 Å². The fraction of sp³-hybridized carbons (Fsp3) is 0.333. The van der Waals surface area contributed by atoms with Crippen LogP contribution in [-0.4, -0.2) is 46.7 Å². The molecule has 1 aliphatic heterocycles. The Bertz CT molecular complexity index is 1170. The van der Waals surface area contributed by atoms with Gasteiger partial charge in [-0.25, -0.2) is 23.5 Å². The standard InChI is InChI=1S/C21H14F8N4O2/c22-15-7-14(15)17(34)33-16-4-3-13(19(23,20(24,25)26)21(27,28)29)6-12(16)10-32(18(33)35)31-9-11-2-1-5-30-8-11/h1-6,8-9,14-15H,7,10H2. The smallest absolute Gasteiger partial charge is 0.274 e. The largest absolute Gasteiger partial charge is 0.435 e. The lowest BCUT2D eigenvalue weighted by Crippen LogP contribution is -2.51. The van der Waals surface area contributed by atoms with E-state index < -0.39 is 59.7 Å². The third kappa shape index (κ3) is 4.21. The second-order valence-electron chi connectivity index (χ2n) is 7.90. The van der Waals surface area contributed by atoms with E-state index in [9.17, 15) is 44.7 Å². The minimum absolute atomic E-state index is 0.196. The van der Waals surface area contributed by atoms with Crippen molar-refractivity contribution in [3.8, 4) is 0 Å². The molecule has 14 heteroatoms. The first kappa shape index (κ1) is 24.5. The molecule has 1 aromatic heterocycles. The Balaban J connectivity index is 1.80. The van der Waals surface area contributed by atoms with Gasteiger partial charge in [0.1, 0.15) is 6.17 Å². The van der Waals surface area contributed by atoms with Crippen LogP contribution >= 0.6 is 0 Å². The van der Waals surface area contributed by atoms with Gasteiger partial charge in [-0.2, -0.15) is 31.4 Å². The number of fused-ring (bicyclic) bond motifs is 1. The summed E-state index contributed by atoms with van der Waals surface area (Å²) >= 11 is 0. The molecule has 0 saturated heterocycles. The van der Waals surface area contributed by atoms with Crippen LogP contribution in [0.2, 0.25) is 0 Å². The Labute approximate surface area is 191 Å². The maximum Gasteiger partial charge on any atom is 0.435 e. The minimum Gasteiger partial charge on any atom is -0.274 e. The van der Waals surface area contributed by atoms with E-state index in [2.05, 4.69) is 10.1 Å². The van der Waals surface area contributed by atoms with E-state index in [1.807, 2.05) is 0 Å². The molecule has 2 heterocycles. The summed E-state index contributed by atoms with van der Waals surface area (Å²) in [6.45, 7) is -0.682. The number of benzene rings is 1. The molecule has 0 N–H and O–H groups in total. The average molecular weight is 506 g/mol. The van der Waals surface area contributed by atoms with Crippen LogP contribution in [0.4, 0.5) is 45.6 Å². The Kier molecular flexibility index (Phi) is 5.80. The first-order valence-corrected chi connectivity index (χ1v) is 9.95. The predicted molar refractivity (Wildman–Crippen MR) is 105 cm³/mol. The number of hydrogen-bond acceptors (Lipinski definition) is 4. The van der Waals surface area contributed by atoms with Crippen LogP contribution in [0.3, 0.4) is 0 Å². The molecule has 1 saturated carbocycles. The number of hydrazone groups is 1. The maximum atomic E-state index is 14.6. The van der Waals surface area contributed by atoms with Gasteiger partial charge in [0, 0.05) is 23.5 Å². The van der Waals surface area contributed by atoms with Crippen LogP contribution in [0.5, 0.6) is 0 Å². The lowest BCUT2D eigenvalue weighted by Gasteiger charge is -2.35. The number of anilines is 1. The molecule has 1 aliphatic carbocycles. The summed E-state index contributed by atoms with van der Waals surface area (Å²) in [6.07, 6.45) is -10.6. The lowest BCUT2D eigenvalue weighted by atomic mass is 9.91. The van der Waals surface area contributed by atoms with Crippen LogP contribution in [0, 0.1) is 5.92 Å². The molecule has 35 heavy (non-hydrogen) atoms. The van der Waals surface area contributed by atoms with Gasteiger partial charge in [-0.3, -0.25) is 9.78 Å². The van der Waals surface area contributed by atoms with Crippen LogP contribution in [0.15, 0.2) is 47.8 Å². The number of rotatable bonds is 4. The molecule has 0 radical (unpaired) electrons. The van der Waals surface area contributed by atoms with Crippen molar-refractivity contribution in [1.29, 1.82) is 0 Å². The first-order valence-electron chi connectivity index (χ1n) is 9.95. The summed E-state index contributed by atoms with van der Waals surface area (Å²) < 4.78 is 108. The lowest BCUT2D eigenvalue weighted by molar-refractivity contribution is -0.348. The third-order valence-electron chi connectivity index (χ3n) is 5.51.